The smallest absolute Gasteiger partial charge is 0.303 e. The van der Waals surface area contributed by atoms with Gasteiger partial charge in [0.15, 0.2) is 0 Å². The molecule has 0 N–H and O–H groups in total. The minimum atomic E-state index is -0.537. The van der Waals surface area contributed by atoms with E-state index in [1.807, 2.05) is 0 Å². The van der Waals surface area contributed by atoms with Crippen molar-refractivity contribution < 1.29 is 23.9 Å². The summed E-state index contributed by atoms with van der Waals surface area (Å²) in [5, 5.41) is 0. The maximum Gasteiger partial charge on any atom is 0.303 e. The lowest BCUT2D eigenvalue weighted by molar-refractivity contribution is -0.195. The van der Waals surface area contributed by atoms with Crippen LogP contribution >= 0.6 is 0 Å². The molecule has 5 heteroatoms. The number of hydrogen-bond donors (Lipinski definition) is 0. The molecule has 4 aliphatic carbocycles. The minimum Gasteiger partial charge on any atom is -0.459 e. The second kappa shape index (κ2) is 11.1. The van der Waals surface area contributed by atoms with Crippen LogP contribution in [0.25, 0.3) is 0 Å². The highest BCUT2D eigenvalue weighted by atomic mass is 16.6. The summed E-state index contributed by atoms with van der Waals surface area (Å²) in [7, 11) is 0. The fourth-order valence-electron chi connectivity index (χ4n) is 9.89. The van der Waals surface area contributed by atoms with Gasteiger partial charge in [0.1, 0.15) is 18.0 Å². The first-order valence-electron chi connectivity index (χ1n) is 15.4. The molecule has 0 aromatic rings. The lowest BCUT2D eigenvalue weighted by Crippen LogP contribution is -2.60. The standard InChI is InChI=1S/C33H52O5/c1-9-23(19(2)3)11-10-20(4)25-12-13-26-24-16-29(36)28-17-30(37-21(5)34)31(38-22(6)35)18-33(28,8)27(24)14-15-32(25,26)7/h10-11,19-20,23-28,30-31H,9,12-18H2,1-8H3/b11-10+/t20-,23-,24+,25-,26+,27+,28?,30+,31-,32-,33-/m1/s1. The van der Waals surface area contributed by atoms with Crippen LogP contribution in [0.4, 0.5) is 0 Å². The Morgan fingerprint density at radius 2 is 1.58 bits per heavy atom. The van der Waals surface area contributed by atoms with Crippen molar-refractivity contribution in [3.63, 3.8) is 0 Å². The highest BCUT2D eigenvalue weighted by molar-refractivity contribution is 5.83. The van der Waals surface area contributed by atoms with Crippen LogP contribution in [0.3, 0.4) is 0 Å². The molecule has 0 heterocycles. The zero-order valence-electron chi connectivity index (χ0n) is 25.1. The maximum atomic E-state index is 13.8. The van der Waals surface area contributed by atoms with Crippen molar-refractivity contribution in [3.05, 3.63) is 12.2 Å². The summed E-state index contributed by atoms with van der Waals surface area (Å²) < 4.78 is 11.3. The normalized spacial score (nSPS) is 42.2. The van der Waals surface area contributed by atoms with Gasteiger partial charge in [-0.25, -0.2) is 0 Å². The van der Waals surface area contributed by atoms with E-state index in [1.54, 1.807) is 0 Å². The first-order chi connectivity index (χ1) is 17.8. The fraction of sp³-hybridized carbons (Fsp3) is 0.848. The van der Waals surface area contributed by atoms with E-state index >= 15 is 0 Å². The van der Waals surface area contributed by atoms with Gasteiger partial charge in [-0.05, 0) is 97.2 Å². The van der Waals surface area contributed by atoms with Gasteiger partial charge in [-0.3, -0.25) is 14.4 Å². The van der Waals surface area contributed by atoms with Gasteiger partial charge < -0.3 is 9.47 Å². The van der Waals surface area contributed by atoms with E-state index in [4.69, 9.17) is 9.47 Å². The summed E-state index contributed by atoms with van der Waals surface area (Å²) in [6, 6.07) is 0. The average molecular weight is 529 g/mol. The largest absolute Gasteiger partial charge is 0.459 e. The second-order valence-electron chi connectivity index (χ2n) is 14.1. The van der Waals surface area contributed by atoms with Crippen LogP contribution in [0, 0.1) is 58.2 Å². The van der Waals surface area contributed by atoms with Crippen LogP contribution in [-0.4, -0.2) is 29.9 Å². The third kappa shape index (κ3) is 5.24. The number of carbonyl (C=O) groups excluding carboxylic acids is 3. The topological polar surface area (TPSA) is 69.7 Å². The Hall–Kier alpha value is -1.65. The highest BCUT2D eigenvalue weighted by Crippen LogP contribution is 2.68. The van der Waals surface area contributed by atoms with Crippen molar-refractivity contribution in [2.75, 3.05) is 0 Å². The lowest BCUT2D eigenvalue weighted by atomic mass is 9.44. The monoisotopic (exact) mass is 528 g/mol. The molecule has 0 aromatic heterocycles. The summed E-state index contributed by atoms with van der Waals surface area (Å²) in [6.07, 6.45) is 11.6. The van der Waals surface area contributed by atoms with E-state index in [-0.39, 0.29) is 28.7 Å². The van der Waals surface area contributed by atoms with Gasteiger partial charge in [-0.1, -0.05) is 53.7 Å². The summed E-state index contributed by atoms with van der Waals surface area (Å²) in [5.41, 5.74) is 0.0332. The van der Waals surface area contributed by atoms with Crippen LogP contribution in [-0.2, 0) is 23.9 Å². The van der Waals surface area contributed by atoms with Gasteiger partial charge in [0.05, 0.1) is 0 Å². The van der Waals surface area contributed by atoms with Gasteiger partial charge in [0, 0.05) is 26.2 Å². The molecule has 0 aromatic carbocycles. The molecule has 0 radical (unpaired) electrons. The Morgan fingerprint density at radius 1 is 0.947 bits per heavy atom. The second-order valence-corrected chi connectivity index (χ2v) is 14.1. The van der Waals surface area contributed by atoms with E-state index in [2.05, 4.69) is 53.7 Å². The Kier molecular flexibility index (Phi) is 8.56. The van der Waals surface area contributed by atoms with Gasteiger partial charge >= 0.3 is 11.9 Å². The summed E-state index contributed by atoms with van der Waals surface area (Å²) in [6.45, 7) is 16.9. The number of rotatable bonds is 7. The van der Waals surface area contributed by atoms with Crippen LogP contribution in [0.2, 0.25) is 0 Å². The minimum absolute atomic E-state index is 0.134. The Morgan fingerprint density at radius 3 is 2.18 bits per heavy atom. The number of carbonyl (C=O) groups is 3. The summed E-state index contributed by atoms with van der Waals surface area (Å²) >= 11 is 0. The van der Waals surface area contributed by atoms with E-state index < -0.39 is 12.2 Å². The molecular formula is C33H52O5. The molecule has 0 bridgehead atoms. The van der Waals surface area contributed by atoms with Gasteiger partial charge in [0.25, 0.3) is 0 Å². The zero-order valence-corrected chi connectivity index (χ0v) is 25.1. The van der Waals surface area contributed by atoms with Crippen molar-refractivity contribution in [1.82, 2.24) is 0 Å². The van der Waals surface area contributed by atoms with E-state index in [9.17, 15) is 14.4 Å². The molecule has 0 spiro atoms. The Balaban J connectivity index is 1.56. The fourth-order valence-corrected chi connectivity index (χ4v) is 9.89. The molecule has 4 rings (SSSR count). The molecule has 0 amide bonds. The molecule has 4 aliphatic rings. The third-order valence-corrected chi connectivity index (χ3v) is 11.8. The lowest BCUT2D eigenvalue weighted by Gasteiger charge is -2.61. The number of ether oxygens (including phenoxy) is 2. The molecule has 214 valence electrons. The molecule has 5 nitrogen and oxygen atoms in total. The molecule has 4 fully saturated rings. The van der Waals surface area contributed by atoms with Crippen molar-refractivity contribution in [2.24, 2.45) is 58.2 Å². The van der Waals surface area contributed by atoms with Gasteiger partial charge in [-0.2, -0.15) is 0 Å². The third-order valence-electron chi connectivity index (χ3n) is 11.8. The molecule has 0 saturated heterocycles. The van der Waals surface area contributed by atoms with Crippen LogP contribution in [0.1, 0.15) is 107 Å². The van der Waals surface area contributed by atoms with Crippen molar-refractivity contribution in [2.45, 2.75) is 119 Å². The molecule has 0 aliphatic heterocycles. The van der Waals surface area contributed by atoms with Crippen LogP contribution < -0.4 is 0 Å². The van der Waals surface area contributed by atoms with Crippen LogP contribution in [0.15, 0.2) is 12.2 Å². The predicted molar refractivity (Wildman–Crippen MR) is 149 cm³/mol. The predicted octanol–water partition coefficient (Wildman–Crippen LogP) is 7.17. The number of fused-ring (bicyclic) bond motifs is 5. The SMILES string of the molecule is CC[C@H](/C=C/[C@@H](C)[C@H]1CC[C@H]2[C@@H]3CC(=O)C4C[C@H](OC(C)=O)[C@H](OC(C)=O)C[C@]4(C)[C@H]3CC[C@]12C)C(C)C. The zero-order chi connectivity index (χ0) is 28.0. The van der Waals surface area contributed by atoms with E-state index in [0.717, 1.165) is 6.42 Å². The molecule has 38 heavy (non-hydrogen) atoms. The molecular weight excluding hydrogens is 476 g/mol. The number of Topliss-reactive ketones (excluding diaryl/α,β-unsaturated/α-hetero) is 1. The van der Waals surface area contributed by atoms with E-state index in [1.165, 1.54) is 39.5 Å². The Bertz CT molecular complexity index is 938. The quantitative estimate of drug-likeness (QED) is 0.259. The van der Waals surface area contributed by atoms with Gasteiger partial charge in [-0.15, -0.1) is 0 Å². The number of ketones is 1. The van der Waals surface area contributed by atoms with Crippen molar-refractivity contribution >= 4 is 17.7 Å². The first kappa shape index (κ1) is 29.3. The average Bonchev–Trinajstić information content (AvgIpc) is 3.17. The highest BCUT2D eigenvalue weighted by Gasteiger charge is 2.64. The summed E-state index contributed by atoms with van der Waals surface area (Å²) in [5.74, 6) is 3.36. The molecule has 1 unspecified atom stereocenters. The number of allylic oxidation sites excluding steroid dienone is 2. The maximum absolute atomic E-state index is 13.8. The van der Waals surface area contributed by atoms with Crippen molar-refractivity contribution in [1.29, 1.82) is 0 Å². The molecule has 11 atom stereocenters. The van der Waals surface area contributed by atoms with E-state index in [0.29, 0.717) is 66.5 Å². The number of hydrogen-bond acceptors (Lipinski definition) is 5. The Labute approximate surface area is 230 Å². The number of esters is 2. The van der Waals surface area contributed by atoms with Crippen LogP contribution in [0.5, 0.6) is 0 Å². The summed E-state index contributed by atoms with van der Waals surface area (Å²) in [4.78, 5) is 37.6. The van der Waals surface area contributed by atoms with Crippen molar-refractivity contribution in [3.8, 4) is 0 Å². The van der Waals surface area contributed by atoms with Gasteiger partial charge in [0.2, 0.25) is 0 Å². The first-order valence-corrected chi connectivity index (χ1v) is 15.4. The molecule has 4 saturated carbocycles.